The monoisotopic (exact) mass is 332 g/mol. The lowest BCUT2D eigenvalue weighted by Gasteiger charge is -2.38. The summed E-state index contributed by atoms with van der Waals surface area (Å²) in [7, 11) is 0. The molecule has 8 heteroatoms. The van der Waals surface area contributed by atoms with Crippen molar-refractivity contribution in [3.63, 3.8) is 0 Å². The van der Waals surface area contributed by atoms with Gasteiger partial charge in [0.15, 0.2) is 0 Å². The van der Waals surface area contributed by atoms with Crippen molar-refractivity contribution >= 4 is 17.8 Å². The van der Waals surface area contributed by atoms with Gasteiger partial charge in [-0.2, -0.15) is 0 Å². The Balaban J connectivity index is 1.79. The van der Waals surface area contributed by atoms with Crippen LogP contribution < -0.4 is 16.3 Å². The maximum absolute atomic E-state index is 12.4. The number of hydrogen-bond donors (Lipinski definition) is 3. The number of rotatable bonds is 4. The zero-order valence-corrected chi connectivity index (χ0v) is 13.3. The third-order valence-electron chi connectivity index (χ3n) is 4.17. The molecule has 8 nitrogen and oxygen atoms in total. The average Bonchev–Trinajstić information content (AvgIpc) is 2.98. The van der Waals surface area contributed by atoms with Crippen molar-refractivity contribution < 1.29 is 19.1 Å². The number of hydrogen-bond acceptors (Lipinski definition) is 6. The molecule has 0 bridgehead atoms. The molecule has 0 radical (unpaired) electrons. The number of hydrazine groups is 2. The number of esters is 1. The van der Waals surface area contributed by atoms with E-state index in [1.807, 2.05) is 30.3 Å². The summed E-state index contributed by atoms with van der Waals surface area (Å²) in [6.07, 6.45) is -0.207. The van der Waals surface area contributed by atoms with Crippen LogP contribution in [-0.2, 0) is 19.1 Å². The highest BCUT2D eigenvalue weighted by Gasteiger charge is 2.43. The molecule has 2 amide bonds. The molecule has 2 aliphatic heterocycles. The molecule has 3 rings (SSSR count). The van der Waals surface area contributed by atoms with E-state index >= 15 is 0 Å². The minimum atomic E-state index is -0.701. The fraction of sp³-hybridized carbons (Fsp3) is 0.438. The maximum Gasteiger partial charge on any atom is 0.325 e. The van der Waals surface area contributed by atoms with Crippen molar-refractivity contribution in [3.8, 4) is 0 Å². The Morgan fingerprint density at radius 1 is 1.25 bits per heavy atom. The number of nitrogens with zero attached hydrogens (tertiary/aromatic N) is 1. The Hall–Kier alpha value is -2.45. The van der Waals surface area contributed by atoms with Gasteiger partial charge < -0.3 is 4.74 Å². The molecule has 3 atom stereocenters. The quantitative estimate of drug-likeness (QED) is 0.660. The van der Waals surface area contributed by atoms with Crippen LogP contribution in [0.1, 0.15) is 31.2 Å². The molecule has 3 unspecified atom stereocenters. The highest BCUT2D eigenvalue weighted by molar-refractivity contribution is 5.88. The summed E-state index contributed by atoms with van der Waals surface area (Å²) in [6.45, 7) is 1.98. The van der Waals surface area contributed by atoms with Gasteiger partial charge in [-0.3, -0.25) is 24.8 Å². The van der Waals surface area contributed by atoms with E-state index in [9.17, 15) is 14.4 Å². The second-order valence-corrected chi connectivity index (χ2v) is 5.76. The summed E-state index contributed by atoms with van der Waals surface area (Å²) in [4.78, 5) is 36.0. The molecule has 0 spiro atoms. The third kappa shape index (κ3) is 3.24. The van der Waals surface area contributed by atoms with Gasteiger partial charge in [-0.1, -0.05) is 30.3 Å². The summed E-state index contributed by atoms with van der Waals surface area (Å²) in [5.74, 6) is -1.04. The molecule has 3 N–H and O–H groups in total. The smallest absolute Gasteiger partial charge is 0.325 e. The zero-order chi connectivity index (χ0) is 17.1. The van der Waals surface area contributed by atoms with Crippen molar-refractivity contribution in [2.45, 2.75) is 37.9 Å². The fourth-order valence-corrected chi connectivity index (χ4v) is 3.04. The first-order valence-electron chi connectivity index (χ1n) is 7.94. The van der Waals surface area contributed by atoms with Gasteiger partial charge in [0.2, 0.25) is 11.8 Å². The van der Waals surface area contributed by atoms with Crippen LogP contribution in [0.3, 0.4) is 0 Å². The molecule has 0 aromatic heterocycles. The van der Waals surface area contributed by atoms with E-state index in [0.29, 0.717) is 0 Å². The van der Waals surface area contributed by atoms with E-state index in [1.54, 1.807) is 6.92 Å². The van der Waals surface area contributed by atoms with Crippen molar-refractivity contribution in [1.29, 1.82) is 0 Å². The molecular formula is C16H20N4O4. The average molecular weight is 332 g/mol. The van der Waals surface area contributed by atoms with Gasteiger partial charge in [-0.05, 0) is 12.5 Å². The first kappa shape index (κ1) is 16.4. The third-order valence-corrected chi connectivity index (χ3v) is 4.17. The Morgan fingerprint density at radius 2 is 2.00 bits per heavy atom. The molecule has 1 aromatic carbocycles. The highest BCUT2D eigenvalue weighted by atomic mass is 16.5. The molecule has 128 valence electrons. The minimum absolute atomic E-state index is 0.0342. The van der Waals surface area contributed by atoms with Gasteiger partial charge in [0.1, 0.15) is 12.2 Å². The van der Waals surface area contributed by atoms with Crippen molar-refractivity contribution in [3.05, 3.63) is 35.9 Å². The van der Waals surface area contributed by atoms with Gasteiger partial charge in [0.25, 0.3) is 0 Å². The number of ether oxygens (including phenoxy) is 1. The van der Waals surface area contributed by atoms with Crippen LogP contribution >= 0.6 is 0 Å². The predicted octanol–water partition coefficient (Wildman–Crippen LogP) is -0.211. The van der Waals surface area contributed by atoms with E-state index < -0.39 is 18.2 Å². The van der Waals surface area contributed by atoms with Crippen LogP contribution in [0.4, 0.5) is 0 Å². The van der Waals surface area contributed by atoms with Gasteiger partial charge >= 0.3 is 5.97 Å². The van der Waals surface area contributed by atoms with E-state index in [-0.39, 0.29) is 37.2 Å². The Labute approximate surface area is 139 Å². The zero-order valence-electron chi connectivity index (χ0n) is 13.3. The summed E-state index contributed by atoms with van der Waals surface area (Å²) in [5.41, 5.74) is 9.28. The van der Waals surface area contributed by atoms with Gasteiger partial charge in [-0.15, -0.1) is 0 Å². The summed E-state index contributed by atoms with van der Waals surface area (Å²) in [6, 6.07) is 8.81. The number of nitrogens with one attached hydrogen (secondary N) is 3. The number of carbonyl (C=O) groups is 3. The summed E-state index contributed by atoms with van der Waals surface area (Å²) in [5, 5.41) is 1.39. The number of amides is 2. The highest BCUT2D eigenvalue weighted by Crippen LogP contribution is 2.29. The maximum atomic E-state index is 12.4. The molecule has 24 heavy (non-hydrogen) atoms. The van der Waals surface area contributed by atoms with Crippen molar-refractivity contribution in [2.75, 3.05) is 6.61 Å². The summed E-state index contributed by atoms with van der Waals surface area (Å²) < 4.78 is 4.97. The van der Waals surface area contributed by atoms with Gasteiger partial charge in [0.05, 0.1) is 13.0 Å². The van der Waals surface area contributed by atoms with Crippen LogP contribution in [-0.4, -0.2) is 41.6 Å². The van der Waals surface area contributed by atoms with Crippen LogP contribution in [0.5, 0.6) is 0 Å². The SMILES string of the molecule is CCOC(=O)C1CC(=O)N(C2NNC(=O)CC2c2ccccc2)N1. The lowest BCUT2D eigenvalue weighted by atomic mass is 9.91. The number of benzene rings is 1. The summed E-state index contributed by atoms with van der Waals surface area (Å²) >= 11 is 0. The Bertz CT molecular complexity index is 636. The van der Waals surface area contributed by atoms with Crippen molar-refractivity contribution in [1.82, 2.24) is 21.3 Å². The Kier molecular flexibility index (Phi) is 4.77. The molecule has 2 aliphatic rings. The van der Waals surface area contributed by atoms with Crippen LogP contribution in [0.2, 0.25) is 0 Å². The molecule has 2 saturated heterocycles. The van der Waals surface area contributed by atoms with Crippen LogP contribution in [0.15, 0.2) is 30.3 Å². The normalized spacial score (nSPS) is 27.0. The topological polar surface area (TPSA) is 99.8 Å². The fourth-order valence-electron chi connectivity index (χ4n) is 3.04. The number of carbonyl (C=O) groups excluding carboxylic acids is 3. The van der Waals surface area contributed by atoms with E-state index in [1.165, 1.54) is 5.01 Å². The van der Waals surface area contributed by atoms with E-state index in [0.717, 1.165) is 5.56 Å². The molecule has 2 heterocycles. The van der Waals surface area contributed by atoms with Crippen LogP contribution in [0, 0.1) is 0 Å². The van der Waals surface area contributed by atoms with Gasteiger partial charge in [0, 0.05) is 12.3 Å². The molecule has 0 aliphatic carbocycles. The second kappa shape index (κ2) is 6.98. The molecular weight excluding hydrogens is 312 g/mol. The lowest BCUT2D eigenvalue weighted by Crippen LogP contribution is -2.63. The molecule has 0 saturated carbocycles. The van der Waals surface area contributed by atoms with Gasteiger partial charge in [-0.25, -0.2) is 10.9 Å². The predicted molar refractivity (Wildman–Crippen MR) is 83.9 cm³/mol. The van der Waals surface area contributed by atoms with Crippen molar-refractivity contribution in [2.24, 2.45) is 0 Å². The molecule has 2 fully saturated rings. The second-order valence-electron chi connectivity index (χ2n) is 5.76. The van der Waals surface area contributed by atoms with E-state index in [2.05, 4.69) is 16.3 Å². The Morgan fingerprint density at radius 3 is 2.71 bits per heavy atom. The standard InChI is InChI=1S/C16H20N4O4/c1-2-24-16(23)12-9-14(22)20(19-12)15-11(8-13(21)17-18-15)10-6-4-3-5-7-10/h3-7,11-12,15,18-19H,2,8-9H2,1H3,(H,17,21). The largest absolute Gasteiger partial charge is 0.465 e. The van der Waals surface area contributed by atoms with E-state index in [4.69, 9.17) is 4.74 Å². The minimum Gasteiger partial charge on any atom is -0.465 e. The molecule has 1 aromatic rings. The van der Waals surface area contributed by atoms with Crippen LogP contribution in [0.25, 0.3) is 0 Å². The lowest BCUT2D eigenvalue weighted by molar-refractivity contribution is -0.146. The first-order chi connectivity index (χ1) is 11.6. The first-order valence-corrected chi connectivity index (χ1v) is 7.94.